The molecule has 4 heteroatoms. The Hall–Kier alpha value is -0.630. The lowest BCUT2D eigenvalue weighted by atomic mass is 9.92. The Morgan fingerprint density at radius 3 is 2.88 bits per heavy atom. The summed E-state index contributed by atoms with van der Waals surface area (Å²) in [6.07, 6.45) is 3.99. The van der Waals surface area contributed by atoms with Gasteiger partial charge in [-0.3, -0.25) is 0 Å². The summed E-state index contributed by atoms with van der Waals surface area (Å²) in [5.41, 5.74) is -0.331. The van der Waals surface area contributed by atoms with Crippen LogP contribution in [0.15, 0.2) is 0 Å². The molecule has 17 heavy (non-hydrogen) atoms. The lowest BCUT2D eigenvalue weighted by molar-refractivity contribution is 0.140. The first-order valence-corrected chi connectivity index (χ1v) is 6.66. The molecule has 1 heterocycles. The fraction of sp³-hybridized carbons (Fsp3) is 0.923. The van der Waals surface area contributed by atoms with Crippen LogP contribution in [0.2, 0.25) is 0 Å². The standard InChI is InChI=1S/C13H25N3O/c1-3-13(12-14,15-2)6-4-7-16-8-5-10-17-11-9-16/h15H,3-11H2,1-2H3. The molecule has 1 saturated heterocycles. The van der Waals surface area contributed by atoms with Crippen molar-refractivity contribution >= 4 is 0 Å². The maximum atomic E-state index is 9.21. The van der Waals surface area contributed by atoms with Crippen molar-refractivity contribution < 1.29 is 4.74 Å². The zero-order valence-corrected chi connectivity index (χ0v) is 11.2. The minimum Gasteiger partial charge on any atom is -0.380 e. The van der Waals surface area contributed by atoms with Gasteiger partial charge in [0.2, 0.25) is 0 Å². The lowest BCUT2D eigenvalue weighted by Gasteiger charge is -2.26. The van der Waals surface area contributed by atoms with Crippen LogP contribution in [0.5, 0.6) is 0 Å². The summed E-state index contributed by atoms with van der Waals surface area (Å²) < 4.78 is 5.43. The van der Waals surface area contributed by atoms with Crippen LogP contribution >= 0.6 is 0 Å². The third-order valence-electron chi connectivity index (χ3n) is 3.69. The van der Waals surface area contributed by atoms with Crippen LogP contribution in [0.3, 0.4) is 0 Å². The number of rotatable bonds is 6. The molecule has 0 amide bonds. The number of ether oxygens (including phenoxy) is 1. The molecule has 1 unspecified atom stereocenters. The van der Waals surface area contributed by atoms with Gasteiger partial charge in [0.1, 0.15) is 5.54 Å². The zero-order valence-electron chi connectivity index (χ0n) is 11.2. The molecular weight excluding hydrogens is 214 g/mol. The van der Waals surface area contributed by atoms with E-state index in [1.807, 2.05) is 7.05 Å². The Morgan fingerprint density at radius 2 is 2.24 bits per heavy atom. The van der Waals surface area contributed by atoms with Crippen molar-refractivity contribution in [2.24, 2.45) is 0 Å². The molecule has 0 bridgehead atoms. The highest BCUT2D eigenvalue weighted by molar-refractivity contribution is 5.05. The minimum absolute atomic E-state index is 0.331. The van der Waals surface area contributed by atoms with E-state index in [4.69, 9.17) is 4.74 Å². The molecule has 98 valence electrons. The molecule has 1 aliphatic rings. The Morgan fingerprint density at radius 1 is 1.41 bits per heavy atom. The summed E-state index contributed by atoms with van der Waals surface area (Å²) in [6.45, 7) is 7.05. The van der Waals surface area contributed by atoms with E-state index >= 15 is 0 Å². The summed E-state index contributed by atoms with van der Waals surface area (Å²) in [5.74, 6) is 0. The molecule has 0 spiro atoms. The highest BCUT2D eigenvalue weighted by Crippen LogP contribution is 2.16. The van der Waals surface area contributed by atoms with Gasteiger partial charge in [-0.25, -0.2) is 0 Å². The zero-order chi connectivity index (χ0) is 12.6. The summed E-state index contributed by atoms with van der Waals surface area (Å²) in [5, 5.41) is 12.4. The molecule has 0 aromatic carbocycles. The summed E-state index contributed by atoms with van der Waals surface area (Å²) >= 11 is 0. The Labute approximate surface area is 105 Å². The van der Waals surface area contributed by atoms with Crippen molar-refractivity contribution in [3.8, 4) is 6.07 Å². The highest BCUT2D eigenvalue weighted by Gasteiger charge is 2.25. The first-order valence-electron chi connectivity index (χ1n) is 6.66. The van der Waals surface area contributed by atoms with Crippen LogP contribution in [0.25, 0.3) is 0 Å². The van der Waals surface area contributed by atoms with E-state index in [-0.39, 0.29) is 5.54 Å². The van der Waals surface area contributed by atoms with Gasteiger partial charge in [0.15, 0.2) is 0 Å². The minimum atomic E-state index is -0.331. The molecule has 1 rings (SSSR count). The molecule has 0 aromatic heterocycles. The summed E-state index contributed by atoms with van der Waals surface area (Å²) in [7, 11) is 1.88. The van der Waals surface area contributed by atoms with Crippen LogP contribution in [0.1, 0.15) is 32.6 Å². The Bertz CT molecular complexity index is 238. The normalized spacial score (nSPS) is 21.5. The van der Waals surface area contributed by atoms with Gasteiger partial charge in [0, 0.05) is 19.7 Å². The first kappa shape index (κ1) is 14.4. The van der Waals surface area contributed by atoms with Crippen LogP contribution in [-0.4, -0.2) is 50.3 Å². The van der Waals surface area contributed by atoms with Crippen molar-refractivity contribution in [1.82, 2.24) is 10.2 Å². The fourth-order valence-electron chi connectivity index (χ4n) is 2.30. The number of hydrogen-bond acceptors (Lipinski definition) is 4. The molecule has 1 N–H and O–H groups in total. The Balaban J connectivity index is 2.28. The third-order valence-corrected chi connectivity index (χ3v) is 3.69. The largest absolute Gasteiger partial charge is 0.380 e. The van der Waals surface area contributed by atoms with E-state index in [1.54, 1.807) is 0 Å². The Kier molecular flexibility index (Phi) is 6.49. The second-order valence-corrected chi connectivity index (χ2v) is 4.71. The van der Waals surface area contributed by atoms with Gasteiger partial charge in [-0.2, -0.15) is 5.26 Å². The van der Waals surface area contributed by atoms with E-state index in [0.29, 0.717) is 0 Å². The number of hydrogen-bond donors (Lipinski definition) is 1. The maximum Gasteiger partial charge on any atom is 0.106 e. The monoisotopic (exact) mass is 239 g/mol. The van der Waals surface area contributed by atoms with Crippen LogP contribution in [0, 0.1) is 11.3 Å². The second-order valence-electron chi connectivity index (χ2n) is 4.71. The summed E-state index contributed by atoms with van der Waals surface area (Å²) in [6, 6.07) is 2.41. The molecule has 0 aliphatic carbocycles. The van der Waals surface area contributed by atoms with Crippen molar-refractivity contribution in [3.63, 3.8) is 0 Å². The quantitative estimate of drug-likeness (QED) is 0.761. The van der Waals surface area contributed by atoms with E-state index in [9.17, 15) is 5.26 Å². The molecule has 4 nitrogen and oxygen atoms in total. The van der Waals surface area contributed by atoms with Crippen molar-refractivity contribution in [2.45, 2.75) is 38.1 Å². The molecule has 0 saturated carbocycles. The predicted molar refractivity (Wildman–Crippen MR) is 68.8 cm³/mol. The number of nitrogens with one attached hydrogen (secondary N) is 1. The molecule has 1 aliphatic heterocycles. The van der Waals surface area contributed by atoms with Gasteiger partial charge in [-0.05, 0) is 39.3 Å². The van der Waals surface area contributed by atoms with Crippen LogP contribution < -0.4 is 5.32 Å². The van der Waals surface area contributed by atoms with E-state index < -0.39 is 0 Å². The van der Waals surface area contributed by atoms with E-state index in [0.717, 1.165) is 58.5 Å². The van der Waals surface area contributed by atoms with Gasteiger partial charge >= 0.3 is 0 Å². The smallest absolute Gasteiger partial charge is 0.106 e. The van der Waals surface area contributed by atoms with Gasteiger partial charge in [-0.15, -0.1) is 0 Å². The molecular formula is C13H25N3O. The second kappa shape index (κ2) is 7.65. The average molecular weight is 239 g/mol. The number of nitriles is 1. The van der Waals surface area contributed by atoms with Crippen LogP contribution in [-0.2, 0) is 4.74 Å². The van der Waals surface area contributed by atoms with Gasteiger partial charge in [0.05, 0.1) is 12.7 Å². The third kappa shape index (κ3) is 4.63. The highest BCUT2D eigenvalue weighted by atomic mass is 16.5. The average Bonchev–Trinajstić information content (AvgIpc) is 2.64. The molecule has 1 atom stereocenters. The van der Waals surface area contributed by atoms with E-state index in [1.165, 1.54) is 0 Å². The van der Waals surface area contributed by atoms with Crippen LogP contribution in [0.4, 0.5) is 0 Å². The van der Waals surface area contributed by atoms with Gasteiger partial charge in [-0.1, -0.05) is 6.92 Å². The van der Waals surface area contributed by atoms with Gasteiger partial charge < -0.3 is 15.0 Å². The van der Waals surface area contributed by atoms with E-state index in [2.05, 4.69) is 23.2 Å². The van der Waals surface area contributed by atoms with Crippen molar-refractivity contribution in [2.75, 3.05) is 39.9 Å². The molecule has 0 radical (unpaired) electrons. The van der Waals surface area contributed by atoms with Gasteiger partial charge in [0.25, 0.3) is 0 Å². The summed E-state index contributed by atoms with van der Waals surface area (Å²) in [4.78, 5) is 2.44. The molecule has 1 fully saturated rings. The van der Waals surface area contributed by atoms with Crippen molar-refractivity contribution in [1.29, 1.82) is 5.26 Å². The molecule has 0 aromatic rings. The maximum absolute atomic E-state index is 9.21. The topological polar surface area (TPSA) is 48.3 Å². The SMILES string of the molecule is CCC(C#N)(CCCN1CCCOCC1)NC. The lowest BCUT2D eigenvalue weighted by Crippen LogP contribution is -2.41. The fourth-order valence-corrected chi connectivity index (χ4v) is 2.30. The first-order chi connectivity index (χ1) is 8.26. The predicted octanol–water partition coefficient (Wildman–Crippen LogP) is 1.38. The van der Waals surface area contributed by atoms with Crippen molar-refractivity contribution in [3.05, 3.63) is 0 Å². The number of nitrogens with zero attached hydrogens (tertiary/aromatic N) is 2.